The van der Waals surface area contributed by atoms with Crippen molar-refractivity contribution in [1.82, 2.24) is 9.62 Å². The van der Waals surface area contributed by atoms with Gasteiger partial charge in [0, 0.05) is 13.1 Å². The van der Waals surface area contributed by atoms with E-state index < -0.39 is 10.0 Å². The molecule has 1 aromatic carbocycles. The molecule has 0 saturated carbocycles. The molecule has 7 nitrogen and oxygen atoms in total. The second kappa shape index (κ2) is 9.41. The number of benzene rings is 1. The molecule has 152 valence electrons. The minimum Gasteiger partial charge on any atom is -0.493 e. The minimum absolute atomic E-state index is 0.0601. The summed E-state index contributed by atoms with van der Waals surface area (Å²) in [6, 6.07) is 5.42. The number of methoxy groups -OCH3 is 2. The summed E-state index contributed by atoms with van der Waals surface area (Å²) in [5, 5.41) is 3.07. The fraction of sp³-hybridized carbons (Fsp3) is 0.632. The van der Waals surface area contributed by atoms with E-state index >= 15 is 0 Å². The molecule has 1 aromatic rings. The zero-order chi connectivity index (χ0) is 20.0. The highest BCUT2D eigenvalue weighted by Crippen LogP contribution is 2.31. The molecule has 2 rings (SSSR count). The van der Waals surface area contributed by atoms with Crippen molar-refractivity contribution >= 4 is 15.9 Å². The molecule has 1 saturated heterocycles. The normalized spacial score (nSPS) is 19.3. The first-order valence-corrected chi connectivity index (χ1v) is 11.0. The van der Waals surface area contributed by atoms with Gasteiger partial charge in [0.15, 0.2) is 11.5 Å². The van der Waals surface area contributed by atoms with E-state index in [1.165, 1.54) is 4.31 Å². The van der Waals surface area contributed by atoms with Crippen LogP contribution in [-0.4, -0.2) is 51.7 Å². The first-order chi connectivity index (χ1) is 12.9. The van der Waals surface area contributed by atoms with Gasteiger partial charge in [0.05, 0.1) is 31.9 Å². The monoisotopic (exact) mass is 398 g/mol. The summed E-state index contributed by atoms with van der Waals surface area (Å²) in [4.78, 5) is 12.8. The fourth-order valence-electron chi connectivity index (χ4n) is 3.37. The van der Waals surface area contributed by atoms with Crippen molar-refractivity contribution < 1.29 is 22.7 Å². The highest BCUT2D eigenvalue weighted by Gasteiger charge is 2.32. The Morgan fingerprint density at radius 1 is 1.26 bits per heavy atom. The summed E-state index contributed by atoms with van der Waals surface area (Å²) in [5.74, 6) is 0.877. The Hall–Kier alpha value is -1.80. The number of rotatable bonds is 8. The van der Waals surface area contributed by atoms with Crippen LogP contribution in [0.2, 0.25) is 0 Å². The molecule has 0 radical (unpaired) electrons. The summed E-state index contributed by atoms with van der Waals surface area (Å²) < 4.78 is 36.3. The van der Waals surface area contributed by atoms with E-state index in [-0.39, 0.29) is 30.2 Å². The molecule has 2 atom stereocenters. The van der Waals surface area contributed by atoms with E-state index in [4.69, 9.17) is 9.47 Å². The SMILES string of the molecule is CC[C@H](NC(=O)[C@@H]1CCCN(S(=O)(=O)CC)C1)c1ccc(OC)c(OC)c1. The standard InChI is InChI=1S/C19H30N2O5S/c1-5-16(14-9-10-17(25-3)18(12-14)26-4)20-19(22)15-8-7-11-21(13-15)27(23,24)6-2/h9-10,12,15-16H,5-8,11,13H2,1-4H3,(H,20,22)/t15-,16+/m1/s1. The molecular weight excluding hydrogens is 368 g/mol. The molecule has 1 N–H and O–H groups in total. The smallest absolute Gasteiger partial charge is 0.224 e. The van der Waals surface area contributed by atoms with Gasteiger partial charge in [-0.25, -0.2) is 12.7 Å². The zero-order valence-electron chi connectivity index (χ0n) is 16.5. The molecule has 0 bridgehead atoms. The van der Waals surface area contributed by atoms with Crippen molar-refractivity contribution in [2.45, 2.75) is 39.2 Å². The molecule has 1 amide bonds. The molecule has 27 heavy (non-hydrogen) atoms. The lowest BCUT2D eigenvalue weighted by Crippen LogP contribution is -2.46. The summed E-state index contributed by atoms with van der Waals surface area (Å²) in [6.07, 6.45) is 2.11. The number of nitrogens with zero attached hydrogens (tertiary/aromatic N) is 1. The Balaban J connectivity index is 2.10. The van der Waals surface area contributed by atoms with Crippen molar-refractivity contribution in [3.63, 3.8) is 0 Å². The highest BCUT2D eigenvalue weighted by molar-refractivity contribution is 7.89. The third-order valence-corrected chi connectivity index (χ3v) is 6.90. The van der Waals surface area contributed by atoms with Gasteiger partial charge in [-0.15, -0.1) is 0 Å². The lowest BCUT2D eigenvalue weighted by atomic mass is 9.97. The van der Waals surface area contributed by atoms with Gasteiger partial charge in [0.2, 0.25) is 15.9 Å². The minimum atomic E-state index is -3.27. The predicted molar refractivity (Wildman–Crippen MR) is 104 cm³/mol. The number of piperidine rings is 1. The third kappa shape index (κ3) is 5.13. The van der Waals surface area contributed by atoms with E-state index in [1.807, 2.05) is 25.1 Å². The van der Waals surface area contributed by atoms with E-state index in [9.17, 15) is 13.2 Å². The van der Waals surface area contributed by atoms with Crippen LogP contribution >= 0.6 is 0 Å². The Labute approximate surface area is 162 Å². The number of hydrogen-bond acceptors (Lipinski definition) is 5. The second-order valence-electron chi connectivity index (χ2n) is 6.68. The van der Waals surface area contributed by atoms with Crippen LogP contribution in [0.4, 0.5) is 0 Å². The Morgan fingerprint density at radius 3 is 2.56 bits per heavy atom. The maximum absolute atomic E-state index is 12.8. The van der Waals surface area contributed by atoms with Gasteiger partial charge in [-0.2, -0.15) is 0 Å². The Bertz CT molecular complexity index is 750. The average Bonchev–Trinajstić information content (AvgIpc) is 2.71. The number of nitrogens with one attached hydrogen (secondary N) is 1. The molecule has 1 heterocycles. The largest absolute Gasteiger partial charge is 0.493 e. The van der Waals surface area contributed by atoms with Gasteiger partial charge in [-0.3, -0.25) is 4.79 Å². The number of amides is 1. The van der Waals surface area contributed by atoms with Gasteiger partial charge in [-0.1, -0.05) is 13.0 Å². The first kappa shape index (κ1) is 21.5. The summed E-state index contributed by atoms with van der Waals surface area (Å²) >= 11 is 0. The van der Waals surface area contributed by atoms with E-state index in [0.717, 1.165) is 5.56 Å². The Morgan fingerprint density at radius 2 is 1.96 bits per heavy atom. The lowest BCUT2D eigenvalue weighted by Gasteiger charge is -2.32. The van der Waals surface area contributed by atoms with E-state index in [2.05, 4.69) is 5.32 Å². The van der Waals surface area contributed by atoms with Crippen molar-refractivity contribution in [3.8, 4) is 11.5 Å². The molecular formula is C19H30N2O5S. The van der Waals surface area contributed by atoms with Gasteiger partial charge in [0.1, 0.15) is 0 Å². The molecule has 0 aromatic heterocycles. The molecule has 0 aliphatic carbocycles. The maximum Gasteiger partial charge on any atom is 0.224 e. The number of ether oxygens (including phenoxy) is 2. The summed E-state index contributed by atoms with van der Waals surface area (Å²) in [7, 11) is -0.113. The summed E-state index contributed by atoms with van der Waals surface area (Å²) in [6.45, 7) is 4.37. The molecule has 0 spiro atoms. The van der Waals surface area contributed by atoms with Crippen LogP contribution in [0.3, 0.4) is 0 Å². The van der Waals surface area contributed by atoms with Gasteiger partial charge in [-0.05, 0) is 43.9 Å². The zero-order valence-corrected chi connectivity index (χ0v) is 17.3. The highest BCUT2D eigenvalue weighted by atomic mass is 32.2. The number of sulfonamides is 1. The third-order valence-electron chi connectivity index (χ3n) is 5.05. The lowest BCUT2D eigenvalue weighted by molar-refractivity contribution is -0.126. The molecule has 8 heteroatoms. The molecule has 1 aliphatic rings. The number of carbonyl (C=O) groups is 1. The topological polar surface area (TPSA) is 84.9 Å². The Kier molecular flexibility index (Phi) is 7.49. The van der Waals surface area contributed by atoms with Gasteiger partial charge >= 0.3 is 0 Å². The average molecular weight is 399 g/mol. The van der Waals surface area contributed by atoms with Crippen LogP contribution in [0, 0.1) is 5.92 Å². The van der Waals surface area contributed by atoms with E-state index in [0.29, 0.717) is 37.3 Å². The fourth-order valence-corrected chi connectivity index (χ4v) is 4.55. The van der Waals surface area contributed by atoms with Crippen molar-refractivity contribution in [3.05, 3.63) is 23.8 Å². The van der Waals surface area contributed by atoms with Crippen LogP contribution in [0.15, 0.2) is 18.2 Å². The van der Waals surface area contributed by atoms with Crippen LogP contribution in [-0.2, 0) is 14.8 Å². The molecule has 1 aliphatic heterocycles. The van der Waals surface area contributed by atoms with E-state index in [1.54, 1.807) is 21.1 Å². The number of carbonyl (C=O) groups excluding carboxylic acids is 1. The summed E-state index contributed by atoms with van der Waals surface area (Å²) in [5.41, 5.74) is 0.928. The van der Waals surface area contributed by atoms with Gasteiger partial charge in [0.25, 0.3) is 0 Å². The predicted octanol–water partition coefficient (Wildman–Crippen LogP) is 2.33. The van der Waals surface area contributed by atoms with Crippen LogP contribution in [0.5, 0.6) is 11.5 Å². The second-order valence-corrected chi connectivity index (χ2v) is 8.94. The van der Waals surface area contributed by atoms with Crippen molar-refractivity contribution in [2.75, 3.05) is 33.1 Å². The quantitative estimate of drug-likeness (QED) is 0.726. The molecule has 0 unspecified atom stereocenters. The maximum atomic E-state index is 12.8. The van der Waals surface area contributed by atoms with Crippen molar-refractivity contribution in [1.29, 1.82) is 0 Å². The first-order valence-electron chi connectivity index (χ1n) is 9.36. The molecule has 1 fully saturated rings. The van der Waals surface area contributed by atoms with Crippen molar-refractivity contribution in [2.24, 2.45) is 5.92 Å². The van der Waals surface area contributed by atoms with Gasteiger partial charge < -0.3 is 14.8 Å². The van der Waals surface area contributed by atoms with Crippen LogP contribution in [0.25, 0.3) is 0 Å². The van der Waals surface area contributed by atoms with Crippen LogP contribution in [0.1, 0.15) is 44.7 Å². The number of hydrogen-bond donors (Lipinski definition) is 1. The van der Waals surface area contributed by atoms with Crippen LogP contribution < -0.4 is 14.8 Å².